The van der Waals surface area contributed by atoms with Crippen LogP contribution in [0.25, 0.3) is 10.9 Å². The Morgan fingerprint density at radius 2 is 1.77 bits per heavy atom. The molecule has 0 N–H and O–H groups in total. The first-order valence-corrected chi connectivity index (χ1v) is 12.0. The number of benzene rings is 2. The zero-order valence-electron chi connectivity index (χ0n) is 19.4. The summed E-state index contributed by atoms with van der Waals surface area (Å²) in [6.07, 6.45) is 9.33. The topological polar surface area (TPSA) is 21.1 Å². The largest absolute Gasteiger partial charge is 0.303 e. The molecule has 0 spiro atoms. The van der Waals surface area contributed by atoms with Crippen LogP contribution in [0.15, 0.2) is 30.3 Å². The van der Waals surface area contributed by atoms with Gasteiger partial charge in [0.1, 0.15) is 5.82 Å². The number of nitrogens with zero attached hydrogens (tertiary/aromatic N) is 3. The summed E-state index contributed by atoms with van der Waals surface area (Å²) in [4.78, 5) is 2.63. The van der Waals surface area contributed by atoms with Crippen LogP contribution < -0.4 is 0 Å². The van der Waals surface area contributed by atoms with E-state index in [0.717, 1.165) is 40.6 Å². The molecule has 0 bridgehead atoms. The van der Waals surface area contributed by atoms with Gasteiger partial charge in [-0.05, 0) is 106 Å². The minimum absolute atomic E-state index is 0.129. The highest BCUT2D eigenvalue weighted by molar-refractivity contribution is 5.83. The van der Waals surface area contributed by atoms with Crippen LogP contribution in [0, 0.1) is 12.7 Å². The maximum Gasteiger partial charge on any atom is 0.127 e. The van der Waals surface area contributed by atoms with E-state index in [4.69, 9.17) is 5.10 Å². The van der Waals surface area contributed by atoms with Gasteiger partial charge in [-0.2, -0.15) is 5.10 Å². The van der Waals surface area contributed by atoms with Gasteiger partial charge in [0.2, 0.25) is 0 Å². The number of unbranched alkanes of at least 4 members (excludes halogenated alkanes) is 1. The quantitative estimate of drug-likeness (QED) is 0.417. The second-order valence-electron chi connectivity index (χ2n) is 9.19. The van der Waals surface area contributed by atoms with Crippen molar-refractivity contribution >= 4 is 10.9 Å². The minimum atomic E-state index is -0.129. The van der Waals surface area contributed by atoms with Gasteiger partial charge in [-0.15, -0.1) is 0 Å². The molecule has 166 valence electrons. The molecule has 2 heterocycles. The summed E-state index contributed by atoms with van der Waals surface area (Å²) in [6.45, 7) is 7.95. The highest BCUT2D eigenvalue weighted by Crippen LogP contribution is 2.27. The van der Waals surface area contributed by atoms with E-state index in [9.17, 15) is 4.39 Å². The average molecular weight is 422 g/mol. The molecule has 4 heteroatoms. The van der Waals surface area contributed by atoms with Gasteiger partial charge in [0.15, 0.2) is 0 Å². The van der Waals surface area contributed by atoms with Gasteiger partial charge in [0.25, 0.3) is 0 Å². The number of rotatable bonds is 8. The lowest BCUT2D eigenvalue weighted by atomic mass is 9.96. The third-order valence-electron chi connectivity index (χ3n) is 6.84. The first kappa shape index (κ1) is 22.0. The van der Waals surface area contributed by atoms with E-state index in [1.807, 2.05) is 30.8 Å². The monoisotopic (exact) mass is 421 g/mol. The third kappa shape index (κ3) is 5.17. The number of aromatic nitrogens is 2. The molecule has 3 nitrogen and oxygen atoms in total. The molecule has 1 aliphatic heterocycles. The number of hydrogen-bond donors (Lipinski definition) is 0. The molecule has 1 fully saturated rings. The molecule has 0 aliphatic carbocycles. The first-order chi connectivity index (χ1) is 15.0. The lowest BCUT2D eigenvalue weighted by molar-refractivity contribution is 0.225. The van der Waals surface area contributed by atoms with Crippen molar-refractivity contribution in [3.8, 4) is 0 Å². The van der Waals surface area contributed by atoms with Crippen LogP contribution in [-0.4, -0.2) is 34.3 Å². The van der Waals surface area contributed by atoms with E-state index in [1.54, 1.807) is 6.07 Å². The van der Waals surface area contributed by atoms with E-state index >= 15 is 0 Å². The summed E-state index contributed by atoms with van der Waals surface area (Å²) in [5, 5.41) is 5.94. The third-order valence-corrected chi connectivity index (χ3v) is 6.84. The Morgan fingerprint density at radius 1 is 0.968 bits per heavy atom. The molecule has 0 radical (unpaired) electrons. The van der Waals surface area contributed by atoms with E-state index in [0.29, 0.717) is 6.42 Å². The van der Waals surface area contributed by atoms with Gasteiger partial charge >= 0.3 is 0 Å². The molecule has 4 rings (SSSR count). The summed E-state index contributed by atoms with van der Waals surface area (Å²) in [5.74, 6) is -0.129. The molecule has 0 atom stereocenters. The van der Waals surface area contributed by atoms with Crippen LogP contribution in [0.4, 0.5) is 4.39 Å². The molecule has 31 heavy (non-hydrogen) atoms. The predicted molar refractivity (Wildman–Crippen MR) is 127 cm³/mol. The van der Waals surface area contributed by atoms with Gasteiger partial charge in [0, 0.05) is 18.9 Å². The number of aryl methyl sites for hydroxylation is 4. The Balaban J connectivity index is 1.49. The van der Waals surface area contributed by atoms with Crippen LogP contribution in [0.3, 0.4) is 0 Å². The Bertz CT molecular complexity index is 1030. The van der Waals surface area contributed by atoms with E-state index in [-0.39, 0.29) is 5.82 Å². The molecule has 1 aromatic heterocycles. The van der Waals surface area contributed by atoms with Crippen molar-refractivity contribution in [1.82, 2.24) is 14.7 Å². The maximum absolute atomic E-state index is 14.5. The highest BCUT2D eigenvalue weighted by Gasteiger charge is 2.15. The molecule has 1 aliphatic rings. The molecule has 1 saturated heterocycles. The van der Waals surface area contributed by atoms with Crippen molar-refractivity contribution < 1.29 is 4.39 Å². The second kappa shape index (κ2) is 9.95. The van der Waals surface area contributed by atoms with Crippen LogP contribution in [0.1, 0.15) is 67.0 Å². The molecular weight excluding hydrogens is 385 g/mol. The average Bonchev–Trinajstić information content (AvgIpc) is 3.07. The van der Waals surface area contributed by atoms with E-state index in [2.05, 4.69) is 24.0 Å². The van der Waals surface area contributed by atoms with Crippen LogP contribution >= 0.6 is 0 Å². The molecule has 3 aromatic rings. The number of hydrogen-bond acceptors (Lipinski definition) is 2. The number of piperidine rings is 1. The van der Waals surface area contributed by atoms with Crippen molar-refractivity contribution in [1.29, 1.82) is 0 Å². The zero-order valence-corrected chi connectivity index (χ0v) is 19.4. The summed E-state index contributed by atoms with van der Waals surface area (Å²) >= 11 is 0. The van der Waals surface area contributed by atoms with Crippen LogP contribution in [-0.2, 0) is 26.3 Å². The SMILES string of the molecule is CCc1cc2c(Cc3ccc(C)cc3F)n(C)nc2cc1CCCCN1CCCCC1. The second-order valence-corrected chi connectivity index (χ2v) is 9.19. The molecule has 2 aromatic carbocycles. The van der Waals surface area contributed by atoms with E-state index in [1.165, 1.54) is 62.9 Å². The summed E-state index contributed by atoms with van der Waals surface area (Å²) in [7, 11) is 1.98. The fourth-order valence-corrected chi connectivity index (χ4v) is 4.97. The van der Waals surface area contributed by atoms with Crippen molar-refractivity contribution in [3.63, 3.8) is 0 Å². The Kier molecular flexibility index (Phi) is 7.06. The Morgan fingerprint density at radius 3 is 2.52 bits per heavy atom. The first-order valence-electron chi connectivity index (χ1n) is 12.0. The molecular formula is C27H36FN3. The van der Waals surface area contributed by atoms with Crippen LogP contribution in [0.5, 0.6) is 0 Å². The van der Waals surface area contributed by atoms with Crippen molar-refractivity contribution in [2.24, 2.45) is 7.05 Å². The van der Waals surface area contributed by atoms with Gasteiger partial charge < -0.3 is 4.90 Å². The zero-order chi connectivity index (χ0) is 21.8. The fourth-order valence-electron chi connectivity index (χ4n) is 4.97. The number of likely N-dealkylation sites (tertiary alicyclic amines) is 1. The molecule has 0 amide bonds. The van der Waals surface area contributed by atoms with Crippen molar-refractivity contribution in [3.05, 3.63) is 64.1 Å². The lowest BCUT2D eigenvalue weighted by Crippen LogP contribution is -2.30. The smallest absolute Gasteiger partial charge is 0.127 e. The molecule has 0 saturated carbocycles. The predicted octanol–water partition coefficient (Wildman–Crippen LogP) is 5.98. The Hall–Kier alpha value is -2.20. The van der Waals surface area contributed by atoms with Gasteiger partial charge in [0.05, 0.1) is 11.2 Å². The molecule has 0 unspecified atom stereocenters. The van der Waals surface area contributed by atoms with Gasteiger partial charge in [-0.1, -0.05) is 25.5 Å². The van der Waals surface area contributed by atoms with Gasteiger partial charge in [-0.3, -0.25) is 4.68 Å². The standard InChI is InChI=1S/C27H36FN3/c1-4-21-17-24-26(18-22(21)10-6-9-15-31-13-7-5-8-14-31)29-30(3)27(24)19-23-12-11-20(2)16-25(23)28/h11-12,16-18H,4-10,13-15,19H2,1-3H3. The van der Waals surface area contributed by atoms with Crippen molar-refractivity contribution in [2.75, 3.05) is 19.6 Å². The summed E-state index contributed by atoms with van der Waals surface area (Å²) in [6, 6.07) is 10.1. The fraction of sp³-hybridized carbons (Fsp3) is 0.519. The highest BCUT2D eigenvalue weighted by atomic mass is 19.1. The maximum atomic E-state index is 14.5. The number of fused-ring (bicyclic) bond motifs is 1. The Labute approximate surface area is 186 Å². The summed E-state index contributed by atoms with van der Waals surface area (Å²) < 4.78 is 16.4. The van der Waals surface area contributed by atoms with Crippen LogP contribution in [0.2, 0.25) is 0 Å². The normalized spacial score (nSPS) is 15.1. The minimum Gasteiger partial charge on any atom is -0.303 e. The van der Waals surface area contributed by atoms with Crippen molar-refractivity contribution in [2.45, 2.75) is 65.2 Å². The lowest BCUT2D eigenvalue weighted by Gasteiger charge is -2.26. The van der Waals surface area contributed by atoms with E-state index < -0.39 is 0 Å². The summed E-state index contributed by atoms with van der Waals surface area (Å²) in [5.41, 5.74) is 6.64. The number of halogens is 1. The van der Waals surface area contributed by atoms with Gasteiger partial charge in [-0.25, -0.2) is 4.39 Å².